The summed E-state index contributed by atoms with van der Waals surface area (Å²) in [6.45, 7) is 2.95. The SMILES string of the molecule is Cc1ccc(S(=O)(=O)CCC(=O)NCc2ccc(N3CCCC3=O)cc2)cc1. The van der Waals surface area contributed by atoms with Crippen molar-refractivity contribution in [3.8, 4) is 0 Å². The van der Waals surface area contributed by atoms with Crippen molar-refractivity contribution in [3.05, 3.63) is 59.7 Å². The van der Waals surface area contributed by atoms with Gasteiger partial charge in [0, 0.05) is 31.6 Å². The number of amides is 2. The van der Waals surface area contributed by atoms with E-state index < -0.39 is 9.84 Å². The Kier molecular flexibility index (Phi) is 6.14. The fourth-order valence-electron chi connectivity index (χ4n) is 3.09. The minimum atomic E-state index is -3.47. The molecule has 0 spiro atoms. The van der Waals surface area contributed by atoms with Gasteiger partial charge < -0.3 is 10.2 Å². The van der Waals surface area contributed by atoms with Crippen molar-refractivity contribution in [1.29, 1.82) is 0 Å². The lowest BCUT2D eigenvalue weighted by molar-refractivity contribution is -0.121. The number of sulfone groups is 1. The van der Waals surface area contributed by atoms with Gasteiger partial charge in [-0.2, -0.15) is 0 Å². The Labute approximate surface area is 165 Å². The van der Waals surface area contributed by atoms with Gasteiger partial charge in [0.05, 0.1) is 10.6 Å². The van der Waals surface area contributed by atoms with Crippen LogP contribution in [0.25, 0.3) is 0 Å². The van der Waals surface area contributed by atoms with Gasteiger partial charge in [0.2, 0.25) is 11.8 Å². The smallest absolute Gasteiger partial charge is 0.227 e. The van der Waals surface area contributed by atoms with Gasteiger partial charge in [-0.1, -0.05) is 29.8 Å². The summed E-state index contributed by atoms with van der Waals surface area (Å²) < 4.78 is 24.6. The molecule has 1 fully saturated rings. The van der Waals surface area contributed by atoms with Gasteiger partial charge in [-0.25, -0.2) is 8.42 Å². The molecule has 6 nitrogen and oxygen atoms in total. The number of carbonyl (C=O) groups is 2. The molecular formula is C21H24N2O4S. The number of benzene rings is 2. The Morgan fingerprint density at radius 1 is 1.07 bits per heavy atom. The average molecular weight is 401 g/mol. The van der Waals surface area contributed by atoms with Gasteiger partial charge in [-0.3, -0.25) is 9.59 Å². The summed E-state index contributed by atoms with van der Waals surface area (Å²) >= 11 is 0. The minimum Gasteiger partial charge on any atom is -0.352 e. The van der Waals surface area contributed by atoms with E-state index in [-0.39, 0.29) is 28.9 Å². The minimum absolute atomic E-state index is 0.0867. The lowest BCUT2D eigenvalue weighted by Gasteiger charge is -2.16. The molecule has 3 rings (SSSR count). The van der Waals surface area contributed by atoms with E-state index in [1.807, 2.05) is 31.2 Å². The molecule has 148 valence electrons. The van der Waals surface area contributed by atoms with Gasteiger partial charge in [-0.05, 0) is 43.2 Å². The molecule has 1 aliphatic rings. The summed E-state index contributed by atoms with van der Waals surface area (Å²) in [5.74, 6) is -0.400. The van der Waals surface area contributed by atoms with Crippen LogP contribution in [0.2, 0.25) is 0 Å². The Morgan fingerprint density at radius 3 is 2.36 bits per heavy atom. The maximum Gasteiger partial charge on any atom is 0.227 e. The van der Waals surface area contributed by atoms with E-state index in [1.54, 1.807) is 29.2 Å². The second-order valence-corrected chi connectivity index (χ2v) is 9.08. The largest absolute Gasteiger partial charge is 0.352 e. The molecule has 28 heavy (non-hydrogen) atoms. The van der Waals surface area contributed by atoms with Gasteiger partial charge in [-0.15, -0.1) is 0 Å². The monoisotopic (exact) mass is 400 g/mol. The molecular weight excluding hydrogens is 376 g/mol. The van der Waals surface area contributed by atoms with Crippen LogP contribution in [0.1, 0.15) is 30.4 Å². The van der Waals surface area contributed by atoms with E-state index in [4.69, 9.17) is 0 Å². The first kappa shape index (κ1) is 20.1. The number of nitrogens with zero attached hydrogens (tertiary/aromatic N) is 1. The Bertz CT molecular complexity index is 951. The summed E-state index contributed by atoms with van der Waals surface area (Å²) in [6, 6.07) is 14.1. The Balaban J connectivity index is 1.49. The molecule has 1 saturated heterocycles. The summed E-state index contributed by atoms with van der Waals surface area (Å²) in [5, 5.41) is 2.75. The molecule has 2 aromatic carbocycles. The second-order valence-electron chi connectivity index (χ2n) is 6.97. The maximum absolute atomic E-state index is 12.3. The maximum atomic E-state index is 12.3. The van der Waals surface area contributed by atoms with Crippen LogP contribution >= 0.6 is 0 Å². The van der Waals surface area contributed by atoms with E-state index in [2.05, 4.69) is 5.32 Å². The van der Waals surface area contributed by atoms with Crippen molar-refractivity contribution in [2.45, 2.75) is 37.6 Å². The topological polar surface area (TPSA) is 83.6 Å². The molecule has 2 aromatic rings. The molecule has 1 N–H and O–H groups in total. The zero-order valence-electron chi connectivity index (χ0n) is 15.8. The molecule has 0 saturated carbocycles. The standard InChI is InChI=1S/C21H24N2O4S/c1-16-4-10-19(11-5-16)28(26,27)14-12-20(24)22-15-17-6-8-18(9-7-17)23-13-2-3-21(23)25/h4-11H,2-3,12-15H2,1H3,(H,22,24). The van der Waals surface area contributed by atoms with E-state index in [0.717, 1.165) is 29.8 Å². The summed E-state index contributed by atoms with van der Waals surface area (Å²) in [5.41, 5.74) is 2.74. The molecule has 0 unspecified atom stereocenters. The van der Waals surface area contributed by atoms with Crippen LogP contribution in [0.5, 0.6) is 0 Å². The predicted molar refractivity (Wildman–Crippen MR) is 108 cm³/mol. The van der Waals surface area contributed by atoms with Gasteiger partial charge in [0.1, 0.15) is 0 Å². The highest BCUT2D eigenvalue weighted by Gasteiger charge is 2.21. The first-order valence-corrected chi connectivity index (χ1v) is 11.0. The third-order valence-corrected chi connectivity index (χ3v) is 6.52. The van der Waals surface area contributed by atoms with Crippen LogP contribution in [0.15, 0.2) is 53.4 Å². The Morgan fingerprint density at radius 2 is 1.75 bits per heavy atom. The fourth-order valence-corrected chi connectivity index (χ4v) is 4.34. The van der Waals surface area contributed by atoms with Gasteiger partial charge in [0.25, 0.3) is 0 Å². The third-order valence-electron chi connectivity index (χ3n) is 4.79. The number of hydrogen-bond acceptors (Lipinski definition) is 4. The van der Waals surface area contributed by atoms with Crippen molar-refractivity contribution in [1.82, 2.24) is 5.32 Å². The van der Waals surface area contributed by atoms with Crippen LogP contribution in [0, 0.1) is 6.92 Å². The van der Waals surface area contributed by atoms with Crippen molar-refractivity contribution >= 4 is 27.3 Å². The lowest BCUT2D eigenvalue weighted by atomic mass is 10.2. The number of nitrogens with one attached hydrogen (secondary N) is 1. The van der Waals surface area contributed by atoms with Crippen LogP contribution in [-0.2, 0) is 26.0 Å². The summed E-state index contributed by atoms with van der Waals surface area (Å²) in [7, 11) is -3.47. The van der Waals surface area contributed by atoms with Crippen molar-refractivity contribution in [2.24, 2.45) is 0 Å². The highest BCUT2D eigenvalue weighted by Crippen LogP contribution is 2.21. The van der Waals surface area contributed by atoms with E-state index in [0.29, 0.717) is 13.0 Å². The van der Waals surface area contributed by atoms with Gasteiger partial charge >= 0.3 is 0 Å². The molecule has 2 amide bonds. The predicted octanol–water partition coefficient (Wildman–Crippen LogP) is 2.60. The number of aryl methyl sites for hydroxylation is 1. The summed E-state index contributed by atoms with van der Waals surface area (Å²) in [4.78, 5) is 25.8. The lowest BCUT2D eigenvalue weighted by Crippen LogP contribution is -2.25. The zero-order chi connectivity index (χ0) is 20.1. The average Bonchev–Trinajstić information content (AvgIpc) is 3.11. The number of rotatable bonds is 7. The second kappa shape index (κ2) is 8.56. The number of anilines is 1. The van der Waals surface area contributed by atoms with Crippen molar-refractivity contribution in [3.63, 3.8) is 0 Å². The molecule has 0 radical (unpaired) electrons. The van der Waals surface area contributed by atoms with E-state index >= 15 is 0 Å². The fraction of sp³-hybridized carbons (Fsp3) is 0.333. The highest BCUT2D eigenvalue weighted by molar-refractivity contribution is 7.91. The van der Waals surface area contributed by atoms with E-state index in [1.165, 1.54) is 0 Å². The molecule has 0 aliphatic carbocycles. The van der Waals surface area contributed by atoms with Crippen molar-refractivity contribution < 1.29 is 18.0 Å². The zero-order valence-corrected chi connectivity index (χ0v) is 16.7. The number of carbonyl (C=O) groups excluding carboxylic acids is 2. The normalized spacial score (nSPS) is 14.3. The summed E-state index contributed by atoms with van der Waals surface area (Å²) in [6.07, 6.45) is 1.38. The first-order chi connectivity index (χ1) is 13.3. The molecule has 0 aromatic heterocycles. The van der Waals surface area contributed by atoms with E-state index in [9.17, 15) is 18.0 Å². The van der Waals surface area contributed by atoms with Crippen LogP contribution in [0.4, 0.5) is 5.69 Å². The third kappa shape index (κ3) is 4.98. The highest BCUT2D eigenvalue weighted by atomic mass is 32.2. The molecule has 0 bridgehead atoms. The van der Waals surface area contributed by atoms with Crippen molar-refractivity contribution in [2.75, 3.05) is 17.2 Å². The quantitative estimate of drug-likeness (QED) is 0.774. The molecule has 1 aliphatic heterocycles. The van der Waals surface area contributed by atoms with Gasteiger partial charge in [0.15, 0.2) is 9.84 Å². The van der Waals surface area contributed by atoms with Crippen LogP contribution in [-0.4, -0.2) is 32.5 Å². The molecule has 7 heteroatoms. The molecule has 0 atom stereocenters. The number of hydrogen-bond donors (Lipinski definition) is 1. The van der Waals surface area contributed by atoms with Crippen LogP contribution < -0.4 is 10.2 Å². The first-order valence-electron chi connectivity index (χ1n) is 9.30. The van der Waals surface area contributed by atoms with Crippen LogP contribution in [0.3, 0.4) is 0 Å². The Hall–Kier alpha value is -2.67. The molecule has 1 heterocycles.